The van der Waals surface area contributed by atoms with Crippen LogP contribution < -0.4 is 15.9 Å². The number of benzene rings is 3. The molecular formula is C20H19OP. The Morgan fingerprint density at radius 2 is 1.14 bits per heavy atom. The summed E-state index contributed by atoms with van der Waals surface area (Å²) in [6.07, 6.45) is 0.875. The highest BCUT2D eigenvalue weighted by molar-refractivity contribution is 7.85. The van der Waals surface area contributed by atoms with Crippen LogP contribution in [-0.2, 0) is 11.0 Å². The van der Waals surface area contributed by atoms with Crippen molar-refractivity contribution in [1.82, 2.24) is 0 Å². The van der Waals surface area contributed by atoms with Crippen LogP contribution >= 0.6 is 7.14 Å². The van der Waals surface area contributed by atoms with Gasteiger partial charge < -0.3 is 4.57 Å². The van der Waals surface area contributed by atoms with Crippen LogP contribution in [0.25, 0.3) is 0 Å². The van der Waals surface area contributed by atoms with Gasteiger partial charge in [-0.05, 0) is 12.0 Å². The molecule has 0 N–H and O–H groups in total. The Balaban J connectivity index is 2.32. The predicted octanol–water partition coefficient (Wildman–Crippen LogP) is 3.89. The van der Waals surface area contributed by atoms with Crippen molar-refractivity contribution in [2.45, 2.75) is 13.3 Å². The van der Waals surface area contributed by atoms with Gasteiger partial charge in [0, 0.05) is 15.9 Å². The first-order chi connectivity index (χ1) is 10.8. The van der Waals surface area contributed by atoms with E-state index in [1.165, 1.54) is 0 Å². The highest BCUT2D eigenvalue weighted by atomic mass is 31.2. The van der Waals surface area contributed by atoms with Gasteiger partial charge in [-0.15, -0.1) is 0 Å². The lowest BCUT2D eigenvalue weighted by molar-refractivity contribution is 0.592. The molecule has 22 heavy (non-hydrogen) atoms. The van der Waals surface area contributed by atoms with Crippen molar-refractivity contribution in [2.24, 2.45) is 0 Å². The fourth-order valence-electron chi connectivity index (χ4n) is 2.82. The van der Waals surface area contributed by atoms with Crippen LogP contribution in [0.4, 0.5) is 0 Å². The lowest BCUT2D eigenvalue weighted by Crippen LogP contribution is -2.27. The molecule has 0 aromatic heterocycles. The normalized spacial score (nSPS) is 11.3. The lowest BCUT2D eigenvalue weighted by Gasteiger charge is -2.22. The van der Waals surface area contributed by atoms with Crippen molar-refractivity contribution in [3.63, 3.8) is 0 Å². The second kappa shape index (κ2) is 6.34. The first-order valence-corrected chi connectivity index (χ1v) is 9.27. The summed E-state index contributed by atoms with van der Waals surface area (Å²) in [5.74, 6) is 0. The Bertz CT molecular complexity index is 751. The van der Waals surface area contributed by atoms with Crippen molar-refractivity contribution >= 4 is 23.1 Å². The monoisotopic (exact) mass is 306 g/mol. The van der Waals surface area contributed by atoms with Gasteiger partial charge in [-0.25, -0.2) is 0 Å². The van der Waals surface area contributed by atoms with Gasteiger partial charge in [-0.3, -0.25) is 0 Å². The smallest absolute Gasteiger partial charge is 0.171 e. The molecule has 0 aliphatic carbocycles. The zero-order valence-corrected chi connectivity index (χ0v) is 13.5. The molecule has 0 saturated carbocycles. The molecule has 0 aliphatic heterocycles. The average molecular weight is 306 g/mol. The molecule has 0 atom stereocenters. The summed E-state index contributed by atoms with van der Waals surface area (Å²) >= 11 is 0. The van der Waals surface area contributed by atoms with Gasteiger partial charge in [0.05, 0.1) is 0 Å². The van der Waals surface area contributed by atoms with E-state index < -0.39 is 7.14 Å². The van der Waals surface area contributed by atoms with E-state index in [4.69, 9.17) is 0 Å². The minimum Gasteiger partial charge on any atom is -0.309 e. The predicted molar refractivity (Wildman–Crippen MR) is 95.2 cm³/mol. The molecular weight excluding hydrogens is 287 g/mol. The summed E-state index contributed by atoms with van der Waals surface area (Å²) in [4.78, 5) is 0. The molecule has 0 amide bonds. The first-order valence-electron chi connectivity index (χ1n) is 7.56. The Morgan fingerprint density at radius 1 is 0.682 bits per heavy atom. The highest BCUT2D eigenvalue weighted by Gasteiger charge is 2.30. The second-order valence-electron chi connectivity index (χ2n) is 5.26. The molecule has 1 nitrogen and oxygen atoms in total. The van der Waals surface area contributed by atoms with E-state index >= 15 is 0 Å². The third kappa shape index (κ3) is 2.53. The summed E-state index contributed by atoms with van der Waals surface area (Å²) in [5.41, 5.74) is 1.15. The molecule has 2 heteroatoms. The van der Waals surface area contributed by atoms with Gasteiger partial charge in [-0.1, -0.05) is 91.9 Å². The van der Waals surface area contributed by atoms with Crippen LogP contribution in [0.3, 0.4) is 0 Å². The molecule has 0 unspecified atom stereocenters. The fourth-order valence-corrected chi connectivity index (χ4v) is 5.79. The molecule has 0 fully saturated rings. The molecule has 3 aromatic rings. The van der Waals surface area contributed by atoms with E-state index in [2.05, 4.69) is 13.0 Å². The molecule has 3 rings (SSSR count). The SMILES string of the molecule is CCc1ccccc1P(=O)(c1ccccc1)c1ccccc1. The third-order valence-electron chi connectivity index (χ3n) is 3.95. The Morgan fingerprint density at radius 3 is 1.64 bits per heavy atom. The van der Waals surface area contributed by atoms with E-state index in [1.807, 2.05) is 78.9 Å². The van der Waals surface area contributed by atoms with Crippen molar-refractivity contribution in [2.75, 3.05) is 0 Å². The van der Waals surface area contributed by atoms with Crippen LogP contribution in [0.15, 0.2) is 84.9 Å². The lowest BCUT2D eigenvalue weighted by atomic mass is 10.2. The molecule has 3 aromatic carbocycles. The van der Waals surface area contributed by atoms with Gasteiger partial charge in [0.2, 0.25) is 0 Å². The van der Waals surface area contributed by atoms with Crippen LogP contribution in [0, 0.1) is 0 Å². The molecule has 0 heterocycles. The number of hydrogen-bond donors (Lipinski definition) is 0. The van der Waals surface area contributed by atoms with Crippen molar-refractivity contribution < 1.29 is 4.57 Å². The molecule has 0 spiro atoms. The van der Waals surface area contributed by atoms with Gasteiger partial charge in [0.15, 0.2) is 7.14 Å². The topological polar surface area (TPSA) is 17.1 Å². The Hall–Kier alpha value is -2.11. The van der Waals surface area contributed by atoms with E-state index in [1.54, 1.807) is 0 Å². The van der Waals surface area contributed by atoms with E-state index in [-0.39, 0.29) is 0 Å². The number of hydrogen-bond acceptors (Lipinski definition) is 1. The van der Waals surface area contributed by atoms with Crippen LogP contribution in [0.5, 0.6) is 0 Å². The van der Waals surface area contributed by atoms with Crippen molar-refractivity contribution in [3.8, 4) is 0 Å². The molecule has 110 valence electrons. The molecule has 0 aliphatic rings. The third-order valence-corrected chi connectivity index (χ3v) is 7.12. The van der Waals surface area contributed by atoms with Gasteiger partial charge >= 0.3 is 0 Å². The summed E-state index contributed by atoms with van der Waals surface area (Å²) in [7, 11) is -2.83. The van der Waals surface area contributed by atoms with Gasteiger partial charge in [-0.2, -0.15) is 0 Å². The zero-order chi connectivity index (χ0) is 15.4. The standard InChI is InChI=1S/C20H19OP/c1-2-17-11-9-10-16-20(17)22(21,18-12-5-3-6-13-18)19-14-7-4-8-15-19/h3-16H,2H2,1H3. The molecule has 0 bridgehead atoms. The molecule has 0 radical (unpaired) electrons. The van der Waals surface area contributed by atoms with Crippen LogP contribution in [-0.4, -0.2) is 0 Å². The first kappa shape index (κ1) is 14.8. The fraction of sp³-hybridized carbons (Fsp3) is 0.100. The van der Waals surface area contributed by atoms with Crippen LogP contribution in [0.2, 0.25) is 0 Å². The van der Waals surface area contributed by atoms with Gasteiger partial charge in [0.1, 0.15) is 0 Å². The Kier molecular flexibility index (Phi) is 4.27. The van der Waals surface area contributed by atoms with Crippen molar-refractivity contribution in [1.29, 1.82) is 0 Å². The number of aryl methyl sites for hydroxylation is 1. The minimum absolute atomic E-state index is 0.875. The number of rotatable bonds is 4. The maximum atomic E-state index is 14.2. The summed E-state index contributed by atoms with van der Waals surface area (Å²) in [6.45, 7) is 2.11. The van der Waals surface area contributed by atoms with E-state index in [9.17, 15) is 4.57 Å². The molecule has 0 saturated heterocycles. The largest absolute Gasteiger partial charge is 0.309 e. The summed E-state index contributed by atoms with van der Waals surface area (Å²) in [5, 5.41) is 2.74. The maximum Gasteiger partial charge on any atom is 0.171 e. The van der Waals surface area contributed by atoms with E-state index in [0.717, 1.165) is 27.9 Å². The highest BCUT2D eigenvalue weighted by Crippen LogP contribution is 2.43. The maximum absolute atomic E-state index is 14.2. The average Bonchev–Trinajstić information content (AvgIpc) is 2.62. The van der Waals surface area contributed by atoms with E-state index in [0.29, 0.717) is 0 Å². The summed E-state index contributed by atoms with van der Waals surface area (Å²) < 4.78 is 14.2. The zero-order valence-electron chi connectivity index (χ0n) is 12.6. The van der Waals surface area contributed by atoms with Gasteiger partial charge in [0.25, 0.3) is 0 Å². The van der Waals surface area contributed by atoms with Crippen LogP contribution in [0.1, 0.15) is 12.5 Å². The minimum atomic E-state index is -2.83. The quantitative estimate of drug-likeness (QED) is 0.668. The summed E-state index contributed by atoms with van der Waals surface area (Å²) in [6, 6.07) is 27.7. The Labute approximate surface area is 132 Å². The second-order valence-corrected chi connectivity index (χ2v) is 8.00. The van der Waals surface area contributed by atoms with Crippen molar-refractivity contribution in [3.05, 3.63) is 90.5 Å².